The van der Waals surface area contributed by atoms with Crippen LogP contribution in [0.5, 0.6) is 0 Å². The molecule has 94 valence electrons. The van der Waals surface area contributed by atoms with Gasteiger partial charge in [0.1, 0.15) is 0 Å². The van der Waals surface area contributed by atoms with Gasteiger partial charge < -0.3 is 5.32 Å². The topological polar surface area (TPSA) is 29.1 Å². The van der Waals surface area contributed by atoms with E-state index in [4.69, 9.17) is 0 Å². The van der Waals surface area contributed by atoms with E-state index in [2.05, 4.69) is 44.1 Å². The van der Waals surface area contributed by atoms with Crippen molar-refractivity contribution in [1.29, 1.82) is 0 Å². The molecule has 0 heterocycles. The zero-order valence-electron chi connectivity index (χ0n) is 10.3. The molecular formula is C13H17Br2NO. The van der Waals surface area contributed by atoms with Gasteiger partial charge in [-0.3, -0.25) is 4.79 Å². The molecule has 1 amide bonds. The van der Waals surface area contributed by atoms with Gasteiger partial charge in [-0.25, -0.2) is 0 Å². The lowest BCUT2D eigenvalue weighted by molar-refractivity contribution is 0.0938. The van der Waals surface area contributed by atoms with Crippen molar-refractivity contribution in [3.05, 3.63) is 33.8 Å². The minimum Gasteiger partial charge on any atom is -0.350 e. The summed E-state index contributed by atoms with van der Waals surface area (Å²) in [7, 11) is 0. The lowest BCUT2D eigenvalue weighted by atomic mass is 10.1. The molecule has 0 bridgehead atoms. The highest BCUT2D eigenvalue weighted by molar-refractivity contribution is 9.10. The van der Waals surface area contributed by atoms with Gasteiger partial charge in [-0.15, -0.1) is 0 Å². The molecule has 0 aromatic heterocycles. The van der Waals surface area contributed by atoms with Crippen molar-refractivity contribution in [1.82, 2.24) is 5.32 Å². The number of hydrogen-bond donors (Lipinski definition) is 1. The van der Waals surface area contributed by atoms with E-state index in [0.29, 0.717) is 10.4 Å². The number of alkyl halides is 1. The first kappa shape index (κ1) is 14.7. The van der Waals surface area contributed by atoms with Gasteiger partial charge >= 0.3 is 0 Å². The molecule has 1 rings (SSSR count). The average Bonchev–Trinajstić information content (AvgIpc) is 2.20. The highest BCUT2D eigenvalue weighted by Crippen LogP contribution is 2.17. The molecule has 1 aromatic rings. The monoisotopic (exact) mass is 361 g/mol. The van der Waals surface area contributed by atoms with E-state index in [9.17, 15) is 4.79 Å². The molecule has 0 aliphatic heterocycles. The molecule has 0 spiro atoms. The van der Waals surface area contributed by atoms with Crippen LogP contribution < -0.4 is 5.32 Å². The van der Waals surface area contributed by atoms with Gasteiger partial charge in [0.15, 0.2) is 0 Å². The fraction of sp³-hybridized carbons (Fsp3) is 0.462. The minimum atomic E-state index is -0.0127. The number of hydrogen-bond acceptors (Lipinski definition) is 1. The summed E-state index contributed by atoms with van der Waals surface area (Å²) in [4.78, 5) is 12.4. The van der Waals surface area contributed by atoms with Crippen molar-refractivity contribution in [3.8, 4) is 0 Å². The van der Waals surface area contributed by atoms with Crippen LogP contribution >= 0.6 is 31.9 Å². The maximum absolute atomic E-state index is 12.0. The number of carbonyl (C=O) groups is 1. The molecule has 2 nitrogen and oxygen atoms in total. The van der Waals surface area contributed by atoms with Crippen molar-refractivity contribution >= 4 is 37.8 Å². The van der Waals surface area contributed by atoms with Crippen LogP contribution in [0, 0.1) is 6.92 Å². The number of amides is 1. The molecule has 0 saturated heterocycles. The number of nitrogens with one attached hydrogen (secondary N) is 1. The second kappa shape index (κ2) is 6.55. The van der Waals surface area contributed by atoms with E-state index in [1.807, 2.05) is 32.0 Å². The first-order chi connectivity index (χ1) is 7.90. The molecule has 1 aromatic carbocycles. The summed E-state index contributed by atoms with van der Waals surface area (Å²) >= 11 is 6.91. The second-order valence-corrected chi connectivity index (χ2v) is 6.77. The highest BCUT2D eigenvalue weighted by Gasteiger charge is 2.12. The van der Waals surface area contributed by atoms with Gasteiger partial charge in [0, 0.05) is 20.9 Å². The molecule has 2 unspecified atom stereocenters. The number of halogens is 2. The third-order valence-electron chi connectivity index (χ3n) is 2.48. The number of aryl methyl sites for hydroxylation is 1. The number of carbonyl (C=O) groups excluding carboxylic acids is 1. The Morgan fingerprint density at radius 3 is 2.59 bits per heavy atom. The van der Waals surface area contributed by atoms with Crippen LogP contribution in [0.15, 0.2) is 22.7 Å². The third kappa shape index (κ3) is 4.80. The normalized spacial score (nSPS) is 14.2. The van der Waals surface area contributed by atoms with Crippen molar-refractivity contribution < 1.29 is 4.79 Å². The fourth-order valence-corrected chi connectivity index (χ4v) is 2.45. The summed E-state index contributed by atoms with van der Waals surface area (Å²) in [5.74, 6) is -0.0127. The van der Waals surface area contributed by atoms with E-state index in [1.54, 1.807) is 0 Å². The van der Waals surface area contributed by atoms with Crippen LogP contribution in [0.3, 0.4) is 0 Å². The fourth-order valence-electron chi connectivity index (χ4n) is 1.64. The van der Waals surface area contributed by atoms with Crippen molar-refractivity contribution in [2.75, 3.05) is 0 Å². The predicted octanol–water partition coefficient (Wildman–Crippen LogP) is 4.05. The van der Waals surface area contributed by atoms with Crippen LogP contribution in [0.1, 0.15) is 36.2 Å². The third-order valence-corrected chi connectivity index (χ3v) is 3.74. The summed E-state index contributed by atoms with van der Waals surface area (Å²) in [6.07, 6.45) is 0.918. The summed E-state index contributed by atoms with van der Waals surface area (Å²) in [5, 5.41) is 2.99. The maximum atomic E-state index is 12.0. The Morgan fingerprint density at radius 1 is 1.41 bits per heavy atom. The molecule has 2 atom stereocenters. The minimum absolute atomic E-state index is 0.0127. The Balaban J connectivity index is 2.66. The Hall–Kier alpha value is -0.350. The van der Waals surface area contributed by atoms with Crippen LogP contribution in [-0.2, 0) is 0 Å². The Morgan fingerprint density at radius 2 is 2.06 bits per heavy atom. The SMILES string of the molecule is Cc1cc(C(=O)NC(C)CC(C)Br)ccc1Br. The quantitative estimate of drug-likeness (QED) is 0.804. The van der Waals surface area contributed by atoms with Gasteiger partial charge in [0.2, 0.25) is 0 Å². The smallest absolute Gasteiger partial charge is 0.251 e. The highest BCUT2D eigenvalue weighted by atomic mass is 79.9. The summed E-state index contributed by atoms with van der Waals surface area (Å²) < 4.78 is 1.02. The molecule has 0 saturated carbocycles. The van der Waals surface area contributed by atoms with E-state index in [1.165, 1.54) is 0 Å². The zero-order chi connectivity index (χ0) is 13.0. The Labute approximate surface area is 119 Å². The van der Waals surface area contributed by atoms with Crippen molar-refractivity contribution in [2.45, 2.75) is 38.1 Å². The van der Waals surface area contributed by atoms with E-state index < -0.39 is 0 Å². The van der Waals surface area contributed by atoms with Crippen molar-refractivity contribution in [2.24, 2.45) is 0 Å². The van der Waals surface area contributed by atoms with Crippen LogP contribution in [0.4, 0.5) is 0 Å². The first-order valence-corrected chi connectivity index (χ1v) is 7.32. The molecule has 0 aliphatic carbocycles. The Kier molecular flexibility index (Phi) is 5.67. The van der Waals surface area contributed by atoms with Crippen LogP contribution in [0.25, 0.3) is 0 Å². The number of benzene rings is 1. The van der Waals surface area contributed by atoms with Gasteiger partial charge in [0.05, 0.1) is 0 Å². The average molecular weight is 363 g/mol. The first-order valence-electron chi connectivity index (χ1n) is 5.61. The van der Waals surface area contributed by atoms with Gasteiger partial charge in [-0.1, -0.05) is 38.8 Å². The van der Waals surface area contributed by atoms with Crippen LogP contribution in [0.2, 0.25) is 0 Å². The summed E-state index contributed by atoms with van der Waals surface area (Å²) in [6.45, 7) is 6.07. The lowest BCUT2D eigenvalue weighted by Gasteiger charge is -2.15. The lowest BCUT2D eigenvalue weighted by Crippen LogP contribution is -2.33. The number of rotatable bonds is 4. The zero-order valence-corrected chi connectivity index (χ0v) is 13.4. The van der Waals surface area contributed by atoms with E-state index in [0.717, 1.165) is 16.5 Å². The molecule has 0 fully saturated rings. The van der Waals surface area contributed by atoms with E-state index in [-0.39, 0.29) is 11.9 Å². The summed E-state index contributed by atoms with van der Waals surface area (Å²) in [5.41, 5.74) is 1.78. The van der Waals surface area contributed by atoms with E-state index >= 15 is 0 Å². The van der Waals surface area contributed by atoms with Crippen LogP contribution in [-0.4, -0.2) is 16.8 Å². The molecule has 17 heavy (non-hydrogen) atoms. The Bertz CT molecular complexity index is 404. The van der Waals surface area contributed by atoms with Gasteiger partial charge in [0.25, 0.3) is 5.91 Å². The molecule has 0 radical (unpaired) electrons. The maximum Gasteiger partial charge on any atom is 0.251 e. The van der Waals surface area contributed by atoms with Gasteiger partial charge in [-0.05, 0) is 44.0 Å². The van der Waals surface area contributed by atoms with Crippen molar-refractivity contribution in [3.63, 3.8) is 0 Å². The molecule has 1 N–H and O–H groups in total. The molecular weight excluding hydrogens is 346 g/mol. The molecule has 4 heteroatoms. The molecule has 0 aliphatic rings. The second-order valence-electron chi connectivity index (χ2n) is 4.35. The summed E-state index contributed by atoms with van der Waals surface area (Å²) in [6, 6.07) is 5.79. The standard InChI is InChI=1S/C13H17Br2NO/c1-8-6-11(4-5-12(8)15)13(17)16-10(3)7-9(2)14/h4-6,9-10H,7H2,1-3H3,(H,16,17). The largest absolute Gasteiger partial charge is 0.350 e. The van der Waals surface area contributed by atoms with Gasteiger partial charge in [-0.2, -0.15) is 0 Å². The predicted molar refractivity (Wildman–Crippen MR) is 78.8 cm³/mol.